The van der Waals surface area contributed by atoms with E-state index in [1.807, 2.05) is 146 Å². The van der Waals surface area contributed by atoms with Gasteiger partial charge in [-0.2, -0.15) is 0 Å². The van der Waals surface area contributed by atoms with Gasteiger partial charge in [-0.25, -0.2) is 4.99 Å². The van der Waals surface area contributed by atoms with Crippen molar-refractivity contribution in [2.45, 2.75) is 45.6 Å². The average molecular weight is 959 g/mol. The van der Waals surface area contributed by atoms with Gasteiger partial charge in [0, 0.05) is 108 Å². The number of aromatic amines is 4. The van der Waals surface area contributed by atoms with Gasteiger partial charge in [-0.05, 0) is 84.2 Å². The van der Waals surface area contributed by atoms with Gasteiger partial charge < -0.3 is 25.3 Å². The summed E-state index contributed by atoms with van der Waals surface area (Å²) in [6.07, 6.45) is 11.0. The molecule has 10 aromatic rings. The van der Waals surface area contributed by atoms with Gasteiger partial charge in [-0.1, -0.05) is 118 Å². The van der Waals surface area contributed by atoms with Crippen LogP contribution in [0, 0.1) is 16.7 Å². The Hall–Kier alpha value is -8.42. The zero-order valence-corrected chi connectivity index (χ0v) is 40.1. The Morgan fingerprint density at radius 3 is 1.62 bits per heavy atom. The van der Waals surface area contributed by atoms with Gasteiger partial charge in [0.15, 0.2) is 11.3 Å². The van der Waals surface area contributed by atoms with E-state index in [1.54, 1.807) is 0 Å². The molecular formula is C58H50N6O6S. The zero-order valence-electron chi connectivity index (χ0n) is 39.2. The third-order valence-electron chi connectivity index (χ3n) is 15.2. The molecule has 4 aromatic heterocycles. The maximum absolute atomic E-state index is 13.9. The molecule has 2 atom stereocenters. The monoisotopic (exact) mass is 958 g/mol. The largest absolute Gasteiger partial charge is 0.425 e. The van der Waals surface area contributed by atoms with E-state index in [1.165, 1.54) is 17.3 Å². The Bertz CT molecular complexity index is 3730. The Balaban J connectivity index is 0.000000116. The van der Waals surface area contributed by atoms with Crippen molar-refractivity contribution in [1.29, 1.82) is 0 Å². The van der Waals surface area contributed by atoms with E-state index in [-0.39, 0.29) is 22.4 Å². The molecule has 2 unspecified atom stereocenters. The van der Waals surface area contributed by atoms with Crippen LogP contribution in [0.4, 0.5) is 11.4 Å². The molecule has 2 aliphatic heterocycles. The lowest BCUT2D eigenvalue weighted by molar-refractivity contribution is -0.128. The highest BCUT2D eigenvalue weighted by atomic mass is 32.2. The number of hydrogen-bond donors (Lipinski definition) is 5. The summed E-state index contributed by atoms with van der Waals surface area (Å²) >= 11 is 0. The molecule has 2 aliphatic carbocycles. The number of para-hydroxylation sites is 6. The van der Waals surface area contributed by atoms with Crippen LogP contribution in [-0.2, 0) is 20.9 Å². The second-order valence-electron chi connectivity index (χ2n) is 19.0. The molecule has 0 radical (unpaired) electrons. The fourth-order valence-electron chi connectivity index (χ4n) is 10.9. The highest BCUT2D eigenvalue weighted by Gasteiger charge is 2.61. The number of nitrogens with zero attached hydrogens (tertiary/aromatic N) is 1. The molecular weight excluding hydrogens is 909 g/mol. The van der Waals surface area contributed by atoms with Crippen molar-refractivity contribution in [3.8, 4) is 0 Å². The lowest BCUT2D eigenvalue weighted by Crippen LogP contribution is -2.39. The predicted molar refractivity (Wildman–Crippen MR) is 279 cm³/mol. The first-order valence-corrected chi connectivity index (χ1v) is 24.5. The van der Waals surface area contributed by atoms with Gasteiger partial charge in [-0.15, -0.1) is 12.6 Å². The average Bonchev–Trinajstić information content (AvgIpc) is 4.27. The fourth-order valence-corrected chi connectivity index (χ4v) is 10.9. The number of ketones is 3. The van der Waals surface area contributed by atoms with Crippen molar-refractivity contribution in [3.05, 3.63) is 204 Å². The van der Waals surface area contributed by atoms with Crippen molar-refractivity contribution in [3.63, 3.8) is 0 Å². The summed E-state index contributed by atoms with van der Waals surface area (Å²) in [5.41, 5.74) is 9.88. The number of fused-ring (bicyclic) bond motifs is 8. The van der Waals surface area contributed by atoms with Crippen LogP contribution in [0.25, 0.3) is 43.6 Å². The van der Waals surface area contributed by atoms with Crippen molar-refractivity contribution < 1.29 is 27.0 Å². The first-order chi connectivity index (χ1) is 34.3. The third kappa shape index (κ3) is 8.07. The number of aromatic nitrogens is 4. The minimum Gasteiger partial charge on any atom is -0.365 e. The predicted octanol–water partition coefficient (Wildman–Crippen LogP) is 12.3. The van der Waals surface area contributed by atoms with E-state index in [0.717, 1.165) is 79.2 Å². The lowest BCUT2D eigenvalue weighted by atomic mass is 9.70. The highest BCUT2D eigenvalue weighted by molar-refractivity contribution is 7.59. The van der Waals surface area contributed by atoms with E-state index in [9.17, 15) is 14.4 Å². The number of benzene rings is 6. The van der Waals surface area contributed by atoms with Gasteiger partial charge in [0.05, 0.1) is 5.69 Å². The van der Waals surface area contributed by atoms with E-state index < -0.39 is 16.1 Å². The zero-order chi connectivity index (χ0) is 49.5. The molecule has 5 N–H and O–H groups in total. The molecule has 0 spiro atoms. The summed E-state index contributed by atoms with van der Waals surface area (Å²) in [7, 11) is -3.11. The van der Waals surface area contributed by atoms with Crippen LogP contribution in [0.15, 0.2) is 181 Å². The summed E-state index contributed by atoms with van der Waals surface area (Å²) in [6, 6.07) is 49.6. The molecule has 14 rings (SSSR count). The van der Waals surface area contributed by atoms with Crippen LogP contribution in [0.2, 0.25) is 0 Å². The number of carbonyl (C=O) groups excluding carboxylic acids is 3. The molecule has 6 aromatic carbocycles. The quantitative estimate of drug-likeness (QED) is 0.116. The molecule has 6 heterocycles. The molecule has 0 amide bonds. The van der Waals surface area contributed by atoms with E-state index in [4.69, 9.17) is 12.6 Å². The first-order valence-electron chi connectivity index (χ1n) is 23.5. The van der Waals surface area contributed by atoms with Crippen molar-refractivity contribution >= 4 is 88.7 Å². The molecule has 13 heteroatoms. The molecule has 2 fully saturated rings. The lowest BCUT2D eigenvalue weighted by Gasteiger charge is -2.32. The van der Waals surface area contributed by atoms with Crippen LogP contribution in [0.5, 0.6) is 0 Å². The van der Waals surface area contributed by atoms with Gasteiger partial charge >= 0.3 is 10.6 Å². The van der Waals surface area contributed by atoms with Crippen molar-refractivity contribution in [2.24, 2.45) is 21.7 Å². The van der Waals surface area contributed by atoms with Crippen molar-refractivity contribution in [1.82, 2.24) is 19.9 Å². The van der Waals surface area contributed by atoms with Crippen LogP contribution in [0.1, 0.15) is 77.4 Å². The van der Waals surface area contributed by atoms with Crippen LogP contribution < -0.4 is 5.32 Å². The summed E-state index contributed by atoms with van der Waals surface area (Å²) in [4.78, 5) is 55.3. The van der Waals surface area contributed by atoms with Crippen LogP contribution in [-0.4, -0.2) is 55.6 Å². The molecule has 2 saturated carbocycles. The van der Waals surface area contributed by atoms with E-state index in [0.29, 0.717) is 23.0 Å². The molecule has 71 heavy (non-hydrogen) atoms. The minimum absolute atomic E-state index is 0.000327. The number of rotatable bonds is 3. The van der Waals surface area contributed by atoms with Gasteiger partial charge in [0.2, 0.25) is 5.78 Å². The normalized spacial score (nSPS) is 18.5. The fraction of sp³-hybridized carbons (Fsp3) is 0.172. The number of H-pyrrole nitrogens is 4. The second-order valence-corrected chi connectivity index (χ2v) is 19.4. The first kappa shape index (κ1) is 46.3. The van der Waals surface area contributed by atoms with Crippen LogP contribution >= 0.6 is 0 Å². The molecule has 2 bridgehead atoms. The maximum Gasteiger partial charge on any atom is 0.425 e. The Labute approximate surface area is 410 Å². The number of hydrogen-bond acceptors (Lipinski definition) is 8. The number of carbonyl (C=O) groups is 3. The summed E-state index contributed by atoms with van der Waals surface area (Å²) in [5, 5.41) is 7.99. The van der Waals surface area contributed by atoms with E-state index >= 15 is 0 Å². The van der Waals surface area contributed by atoms with E-state index in [2.05, 4.69) is 81.3 Å². The van der Waals surface area contributed by atoms with Gasteiger partial charge in [-0.3, -0.25) is 14.4 Å². The summed E-state index contributed by atoms with van der Waals surface area (Å²) in [6.45, 7) is 6.67. The summed E-state index contributed by atoms with van der Waals surface area (Å²) in [5.74, 6) is 1.26. The number of aliphatic imine (C=N–C) groups is 1. The Kier molecular flexibility index (Phi) is 12.1. The maximum atomic E-state index is 13.9. The minimum atomic E-state index is -3.11. The van der Waals surface area contributed by atoms with Crippen LogP contribution in [0.3, 0.4) is 0 Å². The third-order valence-corrected chi connectivity index (χ3v) is 15.2. The molecule has 4 aliphatic rings. The molecule has 0 saturated heterocycles. The Morgan fingerprint density at radius 2 is 1.07 bits per heavy atom. The highest BCUT2D eigenvalue weighted by Crippen LogP contribution is 2.63. The topological polar surface area (TPSA) is 190 Å². The standard InChI is InChI=1S/C24H17N3O.C16H10N2O.C10H16O.C8H7N.O3S/c28-23-17-9-3-6-12-22(17)27-24(23,18-13-25-20-10-4-1-7-15(18)20)19-14-26-21-11-5-2-8-16(19)21;19-16-11-6-2-4-8-14(11)18-15(16)12-9-17-13-7-3-1-5-10(12)13;1-9(2)7-4-5-10(9,3)8(11)6-7;1-2-4-8-7(3-1)5-6-9-8;1-4(2)3/h1-14,25-27H;1-9,17H;7H,4-6H2,1-3H3;1-6,9H;. The Morgan fingerprint density at radius 1 is 0.549 bits per heavy atom. The summed E-state index contributed by atoms with van der Waals surface area (Å²) < 4.78 is 25.3. The molecule has 354 valence electrons. The smallest absolute Gasteiger partial charge is 0.365 e. The van der Waals surface area contributed by atoms with Gasteiger partial charge in [0.25, 0.3) is 0 Å². The second kappa shape index (κ2) is 18.5. The number of anilines is 1. The van der Waals surface area contributed by atoms with Crippen molar-refractivity contribution in [2.75, 3.05) is 5.32 Å². The number of Topliss-reactive ketones (excluding diaryl/α,β-unsaturated/α-hetero) is 3. The number of nitrogens with one attached hydrogen (secondary N) is 5. The SMILES string of the molecule is CC12CCC(CC1=O)C2(C)C.O=C1C(c2c[nH]c3ccccc23)=Nc2ccccc21.O=C1c2ccccc2NC1(c1c[nH]c2ccccc12)c1c[nH]c2ccccc12.O=S(=O)=O.c1ccc2[nH]ccc2c1. The molecule has 12 nitrogen and oxygen atoms in total. The van der Waals surface area contributed by atoms with Gasteiger partial charge in [0.1, 0.15) is 11.5 Å².